The summed E-state index contributed by atoms with van der Waals surface area (Å²) in [5.41, 5.74) is 5.98. The van der Waals surface area contributed by atoms with Crippen LogP contribution in [0.15, 0.2) is 23.1 Å². The van der Waals surface area contributed by atoms with Gasteiger partial charge in [0.2, 0.25) is 0 Å². The molecule has 0 fully saturated rings. The number of halogens is 4. The topological polar surface area (TPSA) is 26.0 Å². The third-order valence-corrected chi connectivity index (χ3v) is 3.25. The van der Waals surface area contributed by atoms with E-state index in [1.165, 1.54) is 11.8 Å². The molecule has 1 rings (SSSR count). The van der Waals surface area contributed by atoms with Gasteiger partial charge < -0.3 is 5.73 Å². The van der Waals surface area contributed by atoms with Gasteiger partial charge in [0.05, 0.1) is 10.7 Å². The van der Waals surface area contributed by atoms with Gasteiger partial charge in [-0.05, 0) is 30.4 Å². The molecule has 0 amide bonds. The monoisotopic (exact) mass is 269 g/mol. The zero-order valence-corrected chi connectivity index (χ0v) is 9.92. The van der Waals surface area contributed by atoms with Crippen LogP contribution in [-0.4, -0.2) is 11.9 Å². The van der Waals surface area contributed by atoms with Gasteiger partial charge in [-0.2, -0.15) is 13.2 Å². The van der Waals surface area contributed by atoms with Crippen LogP contribution in [0.4, 0.5) is 18.9 Å². The largest absolute Gasteiger partial charge is 0.398 e. The van der Waals surface area contributed by atoms with E-state index in [1.54, 1.807) is 18.2 Å². The normalized spacial score (nSPS) is 11.8. The van der Waals surface area contributed by atoms with Crippen LogP contribution in [-0.2, 0) is 0 Å². The third kappa shape index (κ3) is 4.99. The second kappa shape index (κ2) is 5.68. The Labute approximate surface area is 101 Å². The van der Waals surface area contributed by atoms with Crippen molar-refractivity contribution in [1.82, 2.24) is 0 Å². The zero-order valence-electron chi connectivity index (χ0n) is 8.35. The van der Waals surface area contributed by atoms with Gasteiger partial charge in [0.25, 0.3) is 0 Å². The number of thioether (sulfide) groups is 1. The molecule has 0 aliphatic carbocycles. The van der Waals surface area contributed by atoms with Gasteiger partial charge in [-0.15, -0.1) is 11.8 Å². The fourth-order valence-corrected chi connectivity index (χ4v) is 2.20. The number of benzene rings is 1. The standard InChI is InChI=1S/C10H11ClF3NS/c11-8-6-7(2-3-9(8)15)16-5-1-4-10(12,13)14/h2-3,6H,1,4-5,15H2. The Morgan fingerprint density at radius 2 is 2.00 bits per heavy atom. The minimum absolute atomic E-state index is 0.107. The van der Waals surface area contributed by atoms with Gasteiger partial charge >= 0.3 is 6.18 Å². The van der Waals surface area contributed by atoms with E-state index in [1.807, 2.05) is 0 Å². The van der Waals surface area contributed by atoms with E-state index in [9.17, 15) is 13.2 Å². The SMILES string of the molecule is Nc1ccc(SCCCC(F)(F)F)cc1Cl. The van der Waals surface area contributed by atoms with E-state index < -0.39 is 12.6 Å². The van der Waals surface area contributed by atoms with Gasteiger partial charge in [0.1, 0.15) is 0 Å². The highest BCUT2D eigenvalue weighted by atomic mass is 35.5. The molecule has 1 aromatic rings. The smallest absolute Gasteiger partial charge is 0.389 e. The van der Waals surface area contributed by atoms with Crippen LogP contribution in [0.5, 0.6) is 0 Å². The Balaban J connectivity index is 2.35. The van der Waals surface area contributed by atoms with Gasteiger partial charge in [0, 0.05) is 11.3 Å². The maximum absolute atomic E-state index is 11.9. The van der Waals surface area contributed by atoms with Crippen molar-refractivity contribution in [2.24, 2.45) is 0 Å². The summed E-state index contributed by atoms with van der Waals surface area (Å²) in [5, 5.41) is 0.431. The number of alkyl halides is 3. The van der Waals surface area contributed by atoms with Crippen molar-refractivity contribution in [3.63, 3.8) is 0 Å². The average molecular weight is 270 g/mol. The summed E-state index contributed by atoms with van der Waals surface area (Å²) in [5.74, 6) is 0.416. The van der Waals surface area contributed by atoms with Gasteiger partial charge in [0.15, 0.2) is 0 Å². The molecule has 0 radical (unpaired) electrons. The Bertz CT molecular complexity index is 354. The quantitative estimate of drug-likeness (QED) is 0.499. The first-order valence-corrected chi connectivity index (χ1v) is 5.99. The molecule has 0 saturated heterocycles. The van der Waals surface area contributed by atoms with E-state index in [4.69, 9.17) is 17.3 Å². The molecule has 16 heavy (non-hydrogen) atoms. The van der Waals surface area contributed by atoms with Crippen LogP contribution in [0.3, 0.4) is 0 Å². The molecule has 0 heterocycles. The lowest BCUT2D eigenvalue weighted by molar-refractivity contribution is -0.134. The Morgan fingerprint density at radius 1 is 1.31 bits per heavy atom. The van der Waals surface area contributed by atoms with E-state index in [0.717, 1.165) is 4.90 Å². The van der Waals surface area contributed by atoms with E-state index in [2.05, 4.69) is 0 Å². The number of hydrogen-bond donors (Lipinski definition) is 1. The zero-order chi connectivity index (χ0) is 12.2. The molecular weight excluding hydrogens is 259 g/mol. The van der Waals surface area contributed by atoms with Gasteiger partial charge in [-0.3, -0.25) is 0 Å². The Hall–Kier alpha value is -0.550. The minimum Gasteiger partial charge on any atom is -0.398 e. The van der Waals surface area contributed by atoms with Crippen molar-refractivity contribution >= 4 is 29.1 Å². The molecule has 0 unspecified atom stereocenters. The predicted molar refractivity (Wildman–Crippen MR) is 61.9 cm³/mol. The first-order chi connectivity index (χ1) is 7.38. The van der Waals surface area contributed by atoms with Crippen molar-refractivity contribution in [2.45, 2.75) is 23.9 Å². The van der Waals surface area contributed by atoms with Crippen molar-refractivity contribution in [2.75, 3.05) is 11.5 Å². The molecule has 1 aromatic carbocycles. The Kier molecular flexibility index (Phi) is 4.80. The highest BCUT2D eigenvalue weighted by Gasteiger charge is 2.25. The molecule has 90 valence electrons. The average Bonchev–Trinajstić information content (AvgIpc) is 2.17. The lowest BCUT2D eigenvalue weighted by Gasteiger charge is -2.06. The highest BCUT2D eigenvalue weighted by molar-refractivity contribution is 7.99. The summed E-state index contributed by atoms with van der Waals surface area (Å²) in [6, 6.07) is 5.06. The lowest BCUT2D eigenvalue weighted by Crippen LogP contribution is -2.06. The molecule has 0 spiro atoms. The summed E-state index contributed by atoms with van der Waals surface area (Å²) in [6.45, 7) is 0. The molecule has 0 aliphatic heterocycles. The first kappa shape index (κ1) is 13.5. The second-order valence-electron chi connectivity index (χ2n) is 3.25. The Morgan fingerprint density at radius 3 is 2.56 bits per heavy atom. The third-order valence-electron chi connectivity index (χ3n) is 1.85. The summed E-state index contributed by atoms with van der Waals surface area (Å²) >= 11 is 7.12. The first-order valence-electron chi connectivity index (χ1n) is 4.63. The van der Waals surface area contributed by atoms with E-state index in [0.29, 0.717) is 16.5 Å². The summed E-state index contributed by atoms with van der Waals surface area (Å²) in [4.78, 5) is 0.835. The van der Waals surface area contributed by atoms with Crippen LogP contribution >= 0.6 is 23.4 Å². The van der Waals surface area contributed by atoms with Gasteiger partial charge in [-0.25, -0.2) is 0 Å². The molecular formula is C10H11ClF3NS. The van der Waals surface area contributed by atoms with Crippen LogP contribution in [0, 0.1) is 0 Å². The number of nitrogens with two attached hydrogens (primary N) is 1. The summed E-state index contributed by atoms with van der Waals surface area (Å²) in [7, 11) is 0. The number of nitrogen functional groups attached to an aromatic ring is 1. The molecule has 0 atom stereocenters. The molecule has 0 aromatic heterocycles. The van der Waals surface area contributed by atoms with Crippen molar-refractivity contribution in [1.29, 1.82) is 0 Å². The summed E-state index contributed by atoms with van der Waals surface area (Å²) < 4.78 is 35.6. The van der Waals surface area contributed by atoms with Crippen molar-refractivity contribution in [3.8, 4) is 0 Å². The maximum Gasteiger partial charge on any atom is 0.389 e. The lowest BCUT2D eigenvalue weighted by atomic mass is 10.3. The van der Waals surface area contributed by atoms with E-state index in [-0.39, 0.29) is 6.42 Å². The van der Waals surface area contributed by atoms with Gasteiger partial charge in [-0.1, -0.05) is 11.6 Å². The fraction of sp³-hybridized carbons (Fsp3) is 0.400. The molecule has 0 bridgehead atoms. The highest BCUT2D eigenvalue weighted by Crippen LogP contribution is 2.28. The molecule has 1 nitrogen and oxygen atoms in total. The number of hydrogen-bond acceptors (Lipinski definition) is 2. The maximum atomic E-state index is 11.9. The molecule has 0 aliphatic rings. The fourth-order valence-electron chi connectivity index (χ4n) is 1.06. The molecule has 2 N–H and O–H groups in total. The van der Waals surface area contributed by atoms with Crippen LogP contribution in [0.25, 0.3) is 0 Å². The predicted octanol–water partition coefficient (Wildman–Crippen LogP) is 4.36. The number of rotatable bonds is 4. The van der Waals surface area contributed by atoms with Crippen LogP contribution in [0.1, 0.15) is 12.8 Å². The van der Waals surface area contributed by atoms with Crippen molar-refractivity contribution in [3.05, 3.63) is 23.2 Å². The van der Waals surface area contributed by atoms with Crippen LogP contribution in [0.2, 0.25) is 5.02 Å². The summed E-state index contributed by atoms with van der Waals surface area (Å²) in [6.07, 6.45) is -4.71. The molecule has 6 heteroatoms. The van der Waals surface area contributed by atoms with Crippen LogP contribution < -0.4 is 5.73 Å². The minimum atomic E-state index is -4.07. The van der Waals surface area contributed by atoms with Crippen molar-refractivity contribution < 1.29 is 13.2 Å². The van der Waals surface area contributed by atoms with E-state index >= 15 is 0 Å². The second-order valence-corrected chi connectivity index (χ2v) is 4.83. The molecule has 0 saturated carbocycles. The number of anilines is 1.